The monoisotopic (exact) mass is 628 g/mol. The fraction of sp³-hybridized carbons (Fsp3) is 0.364. The minimum Gasteiger partial charge on any atom is -0.391 e. The molecular weight excluding hydrogens is 604 g/mol. The van der Waals surface area contributed by atoms with Crippen LogP contribution in [0.15, 0.2) is 39.9 Å². The number of hydrogen-bond acceptors (Lipinski definition) is 11. The Morgan fingerprint density at radius 2 is 1.97 bits per heavy atom. The average Bonchev–Trinajstić information content (AvgIpc) is 3.54. The molecular formula is C22H25BrN6O5S3. The lowest BCUT2D eigenvalue weighted by atomic mass is 10.2. The first-order valence-electron chi connectivity index (χ1n) is 11.2. The molecule has 0 aliphatic heterocycles. The van der Waals surface area contributed by atoms with Crippen molar-refractivity contribution >= 4 is 68.1 Å². The van der Waals surface area contributed by atoms with Gasteiger partial charge in [-0.15, -0.1) is 22.7 Å². The van der Waals surface area contributed by atoms with E-state index in [0.29, 0.717) is 34.3 Å². The van der Waals surface area contributed by atoms with Crippen LogP contribution in [-0.4, -0.2) is 62.4 Å². The summed E-state index contributed by atoms with van der Waals surface area (Å²) in [6.45, 7) is 2.32. The maximum absolute atomic E-state index is 12.7. The number of carbonyl (C=O) groups excluding carboxylic acids is 2. The van der Waals surface area contributed by atoms with Crippen LogP contribution < -0.4 is 15.4 Å². The third-order valence-electron chi connectivity index (χ3n) is 4.86. The highest BCUT2D eigenvalue weighted by molar-refractivity contribution is 9.09. The summed E-state index contributed by atoms with van der Waals surface area (Å²) in [5.41, 5.74) is 0.930. The molecule has 0 saturated carbocycles. The Morgan fingerprint density at radius 1 is 1.19 bits per heavy atom. The molecule has 3 aromatic rings. The van der Waals surface area contributed by atoms with Crippen LogP contribution in [0.3, 0.4) is 0 Å². The van der Waals surface area contributed by atoms with Gasteiger partial charge < -0.3 is 15.7 Å². The van der Waals surface area contributed by atoms with Crippen molar-refractivity contribution < 1.29 is 19.6 Å². The number of hydrogen-bond donors (Lipinski definition) is 4. The number of nitro groups is 1. The minimum absolute atomic E-state index is 0.0908. The lowest BCUT2D eigenvalue weighted by Gasteiger charge is -2.20. The quantitative estimate of drug-likeness (QED) is 0.0689. The summed E-state index contributed by atoms with van der Waals surface area (Å²) in [7, 11) is 0. The van der Waals surface area contributed by atoms with Crippen molar-refractivity contribution in [1.82, 2.24) is 25.3 Å². The molecule has 198 valence electrons. The molecule has 0 spiro atoms. The molecule has 3 rings (SSSR count). The van der Waals surface area contributed by atoms with Crippen LogP contribution in [0.25, 0.3) is 10.7 Å². The third-order valence-corrected chi connectivity index (χ3v) is 8.14. The number of halogens is 1. The summed E-state index contributed by atoms with van der Waals surface area (Å²) in [6, 6.07) is 5.17. The molecule has 4 N–H and O–H groups in total. The van der Waals surface area contributed by atoms with E-state index in [1.165, 1.54) is 35.7 Å². The van der Waals surface area contributed by atoms with E-state index >= 15 is 0 Å². The molecule has 0 bridgehead atoms. The van der Waals surface area contributed by atoms with E-state index in [-0.39, 0.29) is 18.1 Å². The van der Waals surface area contributed by atoms with E-state index in [9.17, 15) is 24.8 Å². The second kappa shape index (κ2) is 14.5. The molecule has 0 saturated heterocycles. The van der Waals surface area contributed by atoms with E-state index in [1.54, 1.807) is 23.6 Å². The van der Waals surface area contributed by atoms with Crippen molar-refractivity contribution in [3.63, 3.8) is 0 Å². The Bertz CT molecular complexity index is 1220. The van der Waals surface area contributed by atoms with Crippen LogP contribution in [0.4, 0.5) is 5.69 Å². The van der Waals surface area contributed by atoms with Gasteiger partial charge in [0.1, 0.15) is 27.3 Å². The highest BCUT2D eigenvalue weighted by Crippen LogP contribution is 2.27. The number of carbonyl (C=O) groups is 2. The number of aliphatic hydroxyl groups is 1. The number of nitrogens with one attached hydrogen (secondary N) is 3. The van der Waals surface area contributed by atoms with Crippen LogP contribution >= 0.6 is 50.6 Å². The number of amides is 2. The van der Waals surface area contributed by atoms with Gasteiger partial charge in [-0.2, -0.15) is 0 Å². The smallest absolute Gasteiger partial charge is 0.284 e. The van der Waals surface area contributed by atoms with Crippen molar-refractivity contribution in [3.8, 4) is 10.7 Å². The highest BCUT2D eigenvalue weighted by atomic mass is 79.9. The number of thiazole rings is 2. The molecule has 0 unspecified atom stereocenters. The van der Waals surface area contributed by atoms with E-state index in [0.717, 1.165) is 28.7 Å². The Kier molecular flexibility index (Phi) is 11.4. The van der Waals surface area contributed by atoms with Gasteiger partial charge in [-0.3, -0.25) is 19.7 Å². The molecule has 2 heterocycles. The van der Waals surface area contributed by atoms with E-state index < -0.39 is 23.0 Å². The number of para-hydroxylation sites is 1. The number of alkyl halides is 1. The van der Waals surface area contributed by atoms with E-state index in [2.05, 4.69) is 41.3 Å². The zero-order chi connectivity index (χ0) is 26.8. The largest absolute Gasteiger partial charge is 0.391 e. The standard InChI is InChI=1S/C22H25BrN6O5S3/c1-13(30)19(28-37-17-6-3-2-5-16(17)29(33)34)21(32)25-10-7-18-26-15(12-35-18)22-27-14(11-36-22)20(31)24-9-4-8-23/h2-3,5-6,11-13,19,28,30H,4,7-10H2,1H3,(H,24,31)(H,25,32)/t13-,19+/m0/s1. The first-order valence-corrected chi connectivity index (χ1v) is 14.9. The van der Waals surface area contributed by atoms with Crippen molar-refractivity contribution in [2.45, 2.75) is 36.8 Å². The molecule has 2 aromatic heterocycles. The summed E-state index contributed by atoms with van der Waals surface area (Å²) in [5.74, 6) is -0.656. The second-order valence-electron chi connectivity index (χ2n) is 7.67. The summed E-state index contributed by atoms with van der Waals surface area (Å²) < 4.78 is 2.83. The predicted octanol–water partition coefficient (Wildman–Crippen LogP) is 3.39. The molecule has 0 radical (unpaired) electrons. The van der Waals surface area contributed by atoms with Crippen LogP contribution in [0, 0.1) is 10.1 Å². The number of nitrogens with zero attached hydrogens (tertiary/aromatic N) is 3. The lowest BCUT2D eigenvalue weighted by molar-refractivity contribution is -0.387. The van der Waals surface area contributed by atoms with Crippen LogP contribution in [-0.2, 0) is 11.2 Å². The number of benzene rings is 1. The molecule has 11 nitrogen and oxygen atoms in total. The molecule has 0 fully saturated rings. The summed E-state index contributed by atoms with van der Waals surface area (Å²) >= 11 is 7.01. The van der Waals surface area contributed by atoms with Crippen molar-refractivity contribution in [3.05, 3.63) is 55.8 Å². The van der Waals surface area contributed by atoms with Crippen LogP contribution in [0.2, 0.25) is 0 Å². The normalized spacial score (nSPS) is 12.6. The SMILES string of the molecule is C[C@H](O)[C@@H](NSc1ccccc1[N+](=O)[O-])C(=O)NCCc1nc(-c2nc(C(=O)NCCCBr)cs2)cs1. The van der Waals surface area contributed by atoms with Gasteiger partial charge >= 0.3 is 0 Å². The van der Waals surface area contributed by atoms with Gasteiger partial charge in [-0.05, 0) is 31.4 Å². The fourth-order valence-electron chi connectivity index (χ4n) is 2.97. The zero-order valence-electron chi connectivity index (χ0n) is 19.7. The average molecular weight is 630 g/mol. The summed E-state index contributed by atoms with van der Waals surface area (Å²) in [5, 5.41) is 32.6. The van der Waals surface area contributed by atoms with Crippen molar-refractivity contribution in [2.24, 2.45) is 0 Å². The van der Waals surface area contributed by atoms with Gasteiger partial charge in [0, 0.05) is 41.7 Å². The molecule has 0 aliphatic carbocycles. The molecule has 2 atom stereocenters. The Labute approximate surface area is 233 Å². The van der Waals surface area contributed by atoms with Gasteiger partial charge in [0.25, 0.3) is 11.6 Å². The number of aromatic nitrogens is 2. The number of nitro benzene ring substituents is 1. The molecule has 1 aromatic carbocycles. The van der Waals surface area contributed by atoms with E-state index in [4.69, 9.17) is 0 Å². The van der Waals surface area contributed by atoms with Gasteiger partial charge in [-0.25, -0.2) is 14.7 Å². The first kappa shape index (κ1) is 29.1. The Hall–Kier alpha value is -2.43. The Morgan fingerprint density at radius 3 is 2.70 bits per heavy atom. The topological polar surface area (TPSA) is 159 Å². The first-order chi connectivity index (χ1) is 17.8. The number of rotatable bonds is 14. The van der Waals surface area contributed by atoms with Gasteiger partial charge in [0.05, 0.1) is 16.0 Å². The maximum atomic E-state index is 12.7. The lowest BCUT2D eigenvalue weighted by Crippen LogP contribution is -2.48. The van der Waals surface area contributed by atoms with Gasteiger partial charge in [-0.1, -0.05) is 28.1 Å². The van der Waals surface area contributed by atoms with Crippen molar-refractivity contribution in [2.75, 3.05) is 18.4 Å². The predicted molar refractivity (Wildman–Crippen MR) is 148 cm³/mol. The zero-order valence-corrected chi connectivity index (χ0v) is 23.7. The molecule has 15 heteroatoms. The summed E-state index contributed by atoms with van der Waals surface area (Å²) in [4.78, 5) is 44.8. The molecule has 37 heavy (non-hydrogen) atoms. The van der Waals surface area contributed by atoms with Crippen LogP contribution in [0.5, 0.6) is 0 Å². The summed E-state index contributed by atoms with van der Waals surface area (Å²) in [6.07, 6.45) is 0.264. The van der Waals surface area contributed by atoms with Gasteiger partial charge in [0.15, 0.2) is 0 Å². The molecule has 0 aliphatic rings. The van der Waals surface area contributed by atoms with Crippen molar-refractivity contribution in [1.29, 1.82) is 0 Å². The maximum Gasteiger partial charge on any atom is 0.284 e. The molecule has 2 amide bonds. The highest BCUT2D eigenvalue weighted by Gasteiger charge is 2.25. The Balaban J connectivity index is 1.51. The van der Waals surface area contributed by atoms with Gasteiger partial charge in [0.2, 0.25) is 5.91 Å². The third kappa shape index (κ3) is 8.55. The fourth-order valence-corrected chi connectivity index (χ4v) is 5.82. The van der Waals surface area contributed by atoms with E-state index in [1.807, 2.05) is 5.38 Å². The number of aliphatic hydroxyl groups excluding tert-OH is 1. The second-order valence-corrected chi connectivity index (χ2v) is 11.1. The minimum atomic E-state index is -1.03. The van der Waals surface area contributed by atoms with Crippen LogP contribution in [0.1, 0.15) is 28.8 Å².